The SMILES string of the molecule is COc1cc(CCC=O)c(O)cc1Br. The van der Waals surface area contributed by atoms with Gasteiger partial charge < -0.3 is 14.6 Å². The summed E-state index contributed by atoms with van der Waals surface area (Å²) < 4.78 is 5.78. The minimum atomic E-state index is 0.180. The number of hydrogen-bond acceptors (Lipinski definition) is 3. The maximum atomic E-state index is 10.2. The molecule has 0 heterocycles. The first-order chi connectivity index (χ1) is 6.69. The van der Waals surface area contributed by atoms with Gasteiger partial charge in [-0.05, 0) is 40.0 Å². The van der Waals surface area contributed by atoms with E-state index in [1.165, 1.54) is 0 Å². The van der Waals surface area contributed by atoms with E-state index in [1.807, 2.05) is 0 Å². The van der Waals surface area contributed by atoms with Crippen LogP contribution in [0.3, 0.4) is 0 Å². The Morgan fingerprint density at radius 1 is 1.57 bits per heavy atom. The minimum absolute atomic E-state index is 0.180. The Morgan fingerprint density at radius 2 is 2.29 bits per heavy atom. The topological polar surface area (TPSA) is 46.5 Å². The molecule has 14 heavy (non-hydrogen) atoms. The number of methoxy groups -OCH3 is 1. The second-order valence-electron chi connectivity index (χ2n) is 2.82. The Morgan fingerprint density at radius 3 is 2.86 bits per heavy atom. The maximum absolute atomic E-state index is 10.2. The van der Waals surface area contributed by atoms with Gasteiger partial charge in [0.2, 0.25) is 0 Å². The van der Waals surface area contributed by atoms with Gasteiger partial charge in [-0.25, -0.2) is 0 Å². The van der Waals surface area contributed by atoms with Crippen LogP contribution < -0.4 is 4.74 Å². The molecule has 0 fully saturated rings. The molecular formula is C10H11BrO3. The molecule has 0 unspecified atom stereocenters. The summed E-state index contributed by atoms with van der Waals surface area (Å²) in [5.41, 5.74) is 0.720. The van der Waals surface area contributed by atoms with Gasteiger partial charge in [0.1, 0.15) is 17.8 Å². The molecule has 1 rings (SSSR count). The van der Waals surface area contributed by atoms with Crippen LogP contribution in [0.5, 0.6) is 11.5 Å². The predicted molar refractivity (Wildman–Crippen MR) is 56.7 cm³/mol. The molecule has 0 bridgehead atoms. The van der Waals surface area contributed by atoms with Crippen LogP contribution in [0.4, 0.5) is 0 Å². The summed E-state index contributed by atoms with van der Waals surface area (Å²) in [4.78, 5) is 10.2. The van der Waals surface area contributed by atoms with Gasteiger partial charge in [0.05, 0.1) is 11.6 Å². The lowest BCUT2D eigenvalue weighted by Crippen LogP contribution is -1.91. The highest BCUT2D eigenvalue weighted by molar-refractivity contribution is 9.10. The summed E-state index contributed by atoms with van der Waals surface area (Å²) in [6.45, 7) is 0. The standard InChI is InChI=1S/C10H11BrO3/c1-14-10-5-7(3-2-4-12)9(13)6-8(10)11/h4-6,13H,2-3H2,1H3. The molecule has 0 amide bonds. The zero-order valence-corrected chi connectivity index (χ0v) is 9.37. The smallest absolute Gasteiger partial charge is 0.133 e. The minimum Gasteiger partial charge on any atom is -0.508 e. The van der Waals surface area contributed by atoms with Gasteiger partial charge in [-0.1, -0.05) is 0 Å². The van der Waals surface area contributed by atoms with Gasteiger partial charge in [-0.15, -0.1) is 0 Å². The monoisotopic (exact) mass is 258 g/mol. The number of phenolic OH excluding ortho intramolecular Hbond substituents is 1. The summed E-state index contributed by atoms with van der Waals surface area (Å²) >= 11 is 3.26. The lowest BCUT2D eigenvalue weighted by Gasteiger charge is -2.07. The molecule has 0 aromatic heterocycles. The van der Waals surface area contributed by atoms with Crippen molar-refractivity contribution in [2.45, 2.75) is 12.8 Å². The van der Waals surface area contributed by atoms with Crippen molar-refractivity contribution in [3.8, 4) is 11.5 Å². The number of ether oxygens (including phenoxy) is 1. The fourth-order valence-corrected chi connectivity index (χ4v) is 1.65. The molecular weight excluding hydrogens is 248 g/mol. The first kappa shape index (κ1) is 11.0. The normalized spacial score (nSPS) is 9.86. The van der Waals surface area contributed by atoms with Crippen molar-refractivity contribution in [1.82, 2.24) is 0 Å². The number of rotatable bonds is 4. The van der Waals surface area contributed by atoms with Crippen molar-refractivity contribution >= 4 is 22.2 Å². The van der Waals surface area contributed by atoms with Gasteiger partial charge in [0.25, 0.3) is 0 Å². The summed E-state index contributed by atoms with van der Waals surface area (Å²) in [7, 11) is 1.56. The zero-order valence-electron chi connectivity index (χ0n) is 7.79. The lowest BCUT2D eigenvalue weighted by molar-refractivity contribution is -0.107. The molecule has 1 N–H and O–H groups in total. The fourth-order valence-electron chi connectivity index (χ4n) is 1.16. The molecule has 0 saturated heterocycles. The van der Waals surface area contributed by atoms with Crippen molar-refractivity contribution < 1.29 is 14.6 Å². The molecule has 4 heteroatoms. The fraction of sp³-hybridized carbons (Fsp3) is 0.300. The number of halogens is 1. The molecule has 0 atom stereocenters. The van der Waals surface area contributed by atoms with E-state index in [4.69, 9.17) is 4.74 Å². The third-order valence-corrected chi connectivity index (χ3v) is 2.50. The van der Waals surface area contributed by atoms with Gasteiger partial charge in [0, 0.05) is 6.42 Å². The van der Waals surface area contributed by atoms with E-state index < -0.39 is 0 Å². The van der Waals surface area contributed by atoms with Crippen molar-refractivity contribution in [2.24, 2.45) is 0 Å². The molecule has 3 nitrogen and oxygen atoms in total. The van der Waals surface area contributed by atoms with Crippen LogP contribution in [0.1, 0.15) is 12.0 Å². The van der Waals surface area contributed by atoms with Crippen LogP contribution in [0.15, 0.2) is 16.6 Å². The largest absolute Gasteiger partial charge is 0.508 e. The summed E-state index contributed by atoms with van der Waals surface area (Å²) in [6, 6.07) is 3.29. The number of aldehydes is 1. The van der Waals surface area contributed by atoms with Crippen molar-refractivity contribution in [1.29, 1.82) is 0 Å². The number of phenols is 1. The molecule has 0 spiro atoms. The van der Waals surface area contributed by atoms with E-state index in [-0.39, 0.29) is 5.75 Å². The Bertz CT molecular complexity index is 336. The second-order valence-corrected chi connectivity index (χ2v) is 3.68. The highest BCUT2D eigenvalue weighted by Gasteiger charge is 2.07. The number of aryl methyl sites for hydroxylation is 1. The summed E-state index contributed by atoms with van der Waals surface area (Å²) in [6.07, 6.45) is 1.76. The molecule has 0 radical (unpaired) electrons. The second kappa shape index (κ2) is 5.00. The maximum Gasteiger partial charge on any atom is 0.133 e. The van der Waals surface area contributed by atoms with E-state index in [1.54, 1.807) is 19.2 Å². The van der Waals surface area contributed by atoms with Gasteiger partial charge in [-0.3, -0.25) is 0 Å². The van der Waals surface area contributed by atoms with Crippen LogP contribution in [-0.4, -0.2) is 18.5 Å². The van der Waals surface area contributed by atoms with Crippen LogP contribution >= 0.6 is 15.9 Å². The van der Waals surface area contributed by atoms with Crippen molar-refractivity contribution in [2.75, 3.05) is 7.11 Å². The lowest BCUT2D eigenvalue weighted by atomic mass is 10.1. The summed E-state index contributed by atoms with van der Waals surface area (Å²) in [5, 5.41) is 9.54. The molecule has 1 aromatic rings. The Balaban J connectivity index is 2.98. The van der Waals surface area contributed by atoms with Gasteiger partial charge >= 0.3 is 0 Å². The van der Waals surface area contributed by atoms with Crippen molar-refractivity contribution in [3.63, 3.8) is 0 Å². The Labute approximate surface area is 90.8 Å². The van der Waals surface area contributed by atoms with E-state index in [9.17, 15) is 9.90 Å². The quantitative estimate of drug-likeness (QED) is 0.844. The van der Waals surface area contributed by atoms with Crippen molar-refractivity contribution in [3.05, 3.63) is 22.2 Å². The first-order valence-corrected chi connectivity index (χ1v) is 4.97. The molecule has 0 aliphatic carbocycles. The average Bonchev–Trinajstić information content (AvgIpc) is 2.17. The van der Waals surface area contributed by atoms with Crippen LogP contribution in [-0.2, 0) is 11.2 Å². The highest BCUT2D eigenvalue weighted by Crippen LogP contribution is 2.32. The molecule has 0 aliphatic rings. The highest BCUT2D eigenvalue weighted by atomic mass is 79.9. The average molecular weight is 259 g/mol. The molecule has 0 aliphatic heterocycles. The van der Waals surface area contributed by atoms with Gasteiger partial charge in [0.15, 0.2) is 0 Å². The Hall–Kier alpha value is -1.03. The van der Waals surface area contributed by atoms with E-state index >= 15 is 0 Å². The predicted octanol–water partition coefficient (Wildman–Crippen LogP) is 2.29. The third-order valence-electron chi connectivity index (χ3n) is 1.88. The van der Waals surface area contributed by atoms with E-state index in [0.29, 0.717) is 23.1 Å². The third kappa shape index (κ3) is 2.48. The van der Waals surface area contributed by atoms with Crippen LogP contribution in [0.25, 0.3) is 0 Å². The van der Waals surface area contributed by atoms with E-state index in [0.717, 1.165) is 11.8 Å². The molecule has 76 valence electrons. The van der Waals surface area contributed by atoms with Crippen LogP contribution in [0, 0.1) is 0 Å². The molecule has 0 saturated carbocycles. The van der Waals surface area contributed by atoms with Gasteiger partial charge in [-0.2, -0.15) is 0 Å². The number of hydrogen-bond donors (Lipinski definition) is 1. The van der Waals surface area contributed by atoms with Crippen LogP contribution in [0.2, 0.25) is 0 Å². The first-order valence-electron chi connectivity index (χ1n) is 4.18. The Kier molecular flexibility index (Phi) is 3.95. The number of carbonyl (C=O) groups excluding carboxylic acids is 1. The summed E-state index contributed by atoms with van der Waals surface area (Å²) in [5.74, 6) is 0.836. The number of carbonyl (C=O) groups is 1. The number of benzene rings is 1. The molecule has 1 aromatic carbocycles. The number of aromatic hydroxyl groups is 1. The zero-order chi connectivity index (χ0) is 10.6. The van der Waals surface area contributed by atoms with E-state index in [2.05, 4.69) is 15.9 Å².